The molecule has 1 fully saturated rings. The molecule has 9 nitrogen and oxygen atoms in total. The molecule has 3 rings (SSSR count). The SMILES string of the molecule is COc1ccc(C(=O)N(CC(=O)Nc2ccc(N3CCN(C(=O)NC(C)(C)C)CC3)cc2)C(C)C)cc1. The molecule has 1 aliphatic heterocycles. The summed E-state index contributed by atoms with van der Waals surface area (Å²) in [7, 11) is 1.57. The van der Waals surface area contributed by atoms with E-state index in [4.69, 9.17) is 4.74 Å². The number of anilines is 2. The molecule has 1 aliphatic rings. The van der Waals surface area contributed by atoms with E-state index in [9.17, 15) is 14.4 Å². The molecule has 0 unspecified atom stereocenters. The number of benzene rings is 2. The first-order valence-corrected chi connectivity index (χ1v) is 12.6. The number of nitrogens with zero attached hydrogens (tertiary/aromatic N) is 3. The second-order valence-corrected chi connectivity index (χ2v) is 10.5. The highest BCUT2D eigenvalue weighted by Crippen LogP contribution is 2.20. The number of nitrogens with one attached hydrogen (secondary N) is 2. The zero-order valence-electron chi connectivity index (χ0n) is 22.7. The molecule has 1 saturated heterocycles. The third-order valence-electron chi connectivity index (χ3n) is 6.10. The minimum Gasteiger partial charge on any atom is -0.497 e. The Morgan fingerprint density at radius 1 is 0.946 bits per heavy atom. The van der Waals surface area contributed by atoms with E-state index >= 15 is 0 Å². The van der Waals surface area contributed by atoms with Crippen molar-refractivity contribution in [2.24, 2.45) is 0 Å². The van der Waals surface area contributed by atoms with Crippen molar-refractivity contribution in [1.82, 2.24) is 15.1 Å². The van der Waals surface area contributed by atoms with Crippen LogP contribution >= 0.6 is 0 Å². The molecule has 4 amide bonds. The van der Waals surface area contributed by atoms with Gasteiger partial charge in [0.2, 0.25) is 5.91 Å². The van der Waals surface area contributed by atoms with Crippen LogP contribution in [-0.2, 0) is 4.79 Å². The highest BCUT2D eigenvalue weighted by atomic mass is 16.5. The van der Waals surface area contributed by atoms with E-state index in [0.29, 0.717) is 30.1 Å². The average molecular weight is 510 g/mol. The van der Waals surface area contributed by atoms with Crippen LogP contribution < -0.4 is 20.3 Å². The van der Waals surface area contributed by atoms with Gasteiger partial charge < -0.3 is 30.1 Å². The maximum atomic E-state index is 13.0. The molecule has 2 aromatic carbocycles. The molecule has 1 heterocycles. The molecule has 0 aromatic heterocycles. The van der Waals surface area contributed by atoms with Crippen LogP contribution in [0.25, 0.3) is 0 Å². The topological polar surface area (TPSA) is 94.2 Å². The van der Waals surface area contributed by atoms with Crippen LogP contribution in [0.15, 0.2) is 48.5 Å². The van der Waals surface area contributed by atoms with Crippen LogP contribution in [0.3, 0.4) is 0 Å². The zero-order valence-corrected chi connectivity index (χ0v) is 22.7. The summed E-state index contributed by atoms with van der Waals surface area (Å²) in [6.45, 7) is 12.4. The fourth-order valence-electron chi connectivity index (χ4n) is 4.07. The first-order chi connectivity index (χ1) is 17.5. The fourth-order valence-corrected chi connectivity index (χ4v) is 4.07. The number of urea groups is 1. The second kappa shape index (κ2) is 12.0. The van der Waals surface area contributed by atoms with Gasteiger partial charge in [-0.2, -0.15) is 0 Å². The molecule has 0 bridgehead atoms. The van der Waals surface area contributed by atoms with Crippen LogP contribution in [-0.4, -0.2) is 79.1 Å². The molecule has 0 radical (unpaired) electrons. The first kappa shape index (κ1) is 27.8. The van der Waals surface area contributed by atoms with Crippen LogP contribution in [0.1, 0.15) is 45.0 Å². The van der Waals surface area contributed by atoms with Gasteiger partial charge in [-0.15, -0.1) is 0 Å². The summed E-state index contributed by atoms with van der Waals surface area (Å²) < 4.78 is 5.15. The lowest BCUT2D eigenvalue weighted by molar-refractivity contribution is -0.117. The monoisotopic (exact) mass is 509 g/mol. The van der Waals surface area contributed by atoms with Crippen molar-refractivity contribution >= 4 is 29.2 Å². The molecule has 0 atom stereocenters. The average Bonchev–Trinajstić information content (AvgIpc) is 2.86. The number of carbonyl (C=O) groups excluding carboxylic acids is 3. The number of carbonyl (C=O) groups is 3. The number of amides is 4. The Morgan fingerprint density at radius 2 is 1.54 bits per heavy atom. The van der Waals surface area contributed by atoms with Crippen molar-refractivity contribution in [2.75, 3.05) is 50.1 Å². The van der Waals surface area contributed by atoms with Crippen LogP contribution in [0.5, 0.6) is 5.75 Å². The molecule has 200 valence electrons. The van der Waals surface area contributed by atoms with Gasteiger partial charge in [0, 0.05) is 54.7 Å². The van der Waals surface area contributed by atoms with E-state index in [1.54, 1.807) is 36.3 Å². The van der Waals surface area contributed by atoms with E-state index in [1.807, 2.05) is 63.8 Å². The van der Waals surface area contributed by atoms with E-state index in [1.165, 1.54) is 0 Å². The van der Waals surface area contributed by atoms with Gasteiger partial charge in [-0.1, -0.05) is 0 Å². The fraction of sp³-hybridized carbons (Fsp3) is 0.464. The van der Waals surface area contributed by atoms with Crippen molar-refractivity contribution < 1.29 is 19.1 Å². The van der Waals surface area contributed by atoms with E-state index in [2.05, 4.69) is 15.5 Å². The van der Waals surface area contributed by atoms with Crippen molar-refractivity contribution in [1.29, 1.82) is 0 Å². The van der Waals surface area contributed by atoms with Crippen molar-refractivity contribution in [3.8, 4) is 5.75 Å². The molecule has 9 heteroatoms. The maximum Gasteiger partial charge on any atom is 0.317 e. The van der Waals surface area contributed by atoms with Crippen molar-refractivity contribution in [3.05, 3.63) is 54.1 Å². The number of hydrogen-bond donors (Lipinski definition) is 2. The lowest BCUT2D eigenvalue weighted by Crippen LogP contribution is -2.55. The Hall–Kier alpha value is -3.75. The molecule has 2 N–H and O–H groups in total. The van der Waals surface area contributed by atoms with Gasteiger partial charge in [0.15, 0.2) is 0 Å². The third-order valence-corrected chi connectivity index (χ3v) is 6.10. The van der Waals surface area contributed by atoms with Crippen LogP contribution in [0, 0.1) is 0 Å². The zero-order chi connectivity index (χ0) is 27.2. The van der Waals surface area contributed by atoms with Gasteiger partial charge in [0.05, 0.1) is 7.11 Å². The summed E-state index contributed by atoms with van der Waals surface area (Å²) in [5, 5.41) is 5.90. The first-order valence-electron chi connectivity index (χ1n) is 12.6. The second-order valence-electron chi connectivity index (χ2n) is 10.5. The highest BCUT2D eigenvalue weighted by molar-refractivity contribution is 5.99. The lowest BCUT2D eigenvalue weighted by atomic mass is 10.1. The maximum absolute atomic E-state index is 13.0. The molecule has 0 spiro atoms. The number of methoxy groups -OCH3 is 1. The third kappa shape index (κ3) is 7.87. The molecular weight excluding hydrogens is 470 g/mol. The van der Waals surface area contributed by atoms with Gasteiger partial charge in [-0.3, -0.25) is 9.59 Å². The summed E-state index contributed by atoms with van der Waals surface area (Å²) >= 11 is 0. The Morgan fingerprint density at radius 3 is 2.05 bits per heavy atom. The van der Waals surface area contributed by atoms with Gasteiger partial charge in [-0.05, 0) is 83.1 Å². The summed E-state index contributed by atoms with van der Waals surface area (Å²) in [5.74, 6) is 0.196. The Labute approximate surface area is 219 Å². The smallest absolute Gasteiger partial charge is 0.317 e. The summed E-state index contributed by atoms with van der Waals surface area (Å²) in [6, 6.07) is 14.3. The number of piperazine rings is 1. The summed E-state index contributed by atoms with van der Waals surface area (Å²) in [4.78, 5) is 43.8. The normalized spacial score (nSPS) is 13.8. The van der Waals surface area contributed by atoms with Gasteiger partial charge in [-0.25, -0.2) is 4.79 Å². The Bertz CT molecular complexity index is 1070. The van der Waals surface area contributed by atoms with Crippen molar-refractivity contribution in [2.45, 2.75) is 46.2 Å². The lowest BCUT2D eigenvalue weighted by Gasteiger charge is -2.37. The summed E-state index contributed by atoms with van der Waals surface area (Å²) in [5.41, 5.74) is 1.94. The van der Waals surface area contributed by atoms with Gasteiger partial charge in [0.1, 0.15) is 12.3 Å². The van der Waals surface area contributed by atoms with Crippen LogP contribution in [0.4, 0.5) is 16.2 Å². The summed E-state index contributed by atoms with van der Waals surface area (Å²) in [6.07, 6.45) is 0. The molecule has 2 aromatic rings. The van der Waals surface area contributed by atoms with Gasteiger partial charge >= 0.3 is 6.03 Å². The standard InChI is InChI=1S/C28H39N5O4/c1-20(2)33(26(35)21-7-13-24(37-6)14-8-21)19-25(34)29-22-9-11-23(12-10-22)31-15-17-32(18-16-31)27(36)30-28(3,4)5/h7-14,20H,15-19H2,1-6H3,(H,29,34)(H,30,36). The van der Waals surface area contributed by atoms with Gasteiger partial charge in [0.25, 0.3) is 5.91 Å². The number of ether oxygens (including phenoxy) is 1. The van der Waals surface area contributed by atoms with E-state index in [0.717, 1.165) is 18.8 Å². The van der Waals surface area contributed by atoms with E-state index in [-0.39, 0.29) is 36.0 Å². The highest BCUT2D eigenvalue weighted by Gasteiger charge is 2.25. The minimum absolute atomic E-state index is 0.0360. The largest absolute Gasteiger partial charge is 0.497 e. The molecular formula is C28H39N5O4. The number of rotatable bonds is 7. The van der Waals surface area contributed by atoms with Crippen molar-refractivity contribution in [3.63, 3.8) is 0 Å². The number of hydrogen-bond acceptors (Lipinski definition) is 5. The van der Waals surface area contributed by atoms with E-state index < -0.39 is 0 Å². The predicted octanol–water partition coefficient (Wildman–Crippen LogP) is 3.81. The Balaban J connectivity index is 1.54. The molecule has 37 heavy (non-hydrogen) atoms. The quantitative estimate of drug-likeness (QED) is 0.592. The predicted molar refractivity (Wildman–Crippen MR) is 146 cm³/mol. The minimum atomic E-state index is -0.262. The van der Waals surface area contributed by atoms with Crippen LogP contribution in [0.2, 0.25) is 0 Å². The Kier molecular flexibility index (Phi) is 9.02. The molecule has 0 saturated carbocycles. The molecule has 0 aliphatic carbocycles.